The van der Waals surface area contributed by atoms with Gasteiger partial charge in [0.25, 0.3) is 0 Å². The Labute approximate surface area is 128 Å². The Kier molecular flexibility index (Phi) is 5.03. The Morgan fingerprint density at radius 2 is 2.29 bits per heavy atom. The summed E-state index contributed by atoms with van der Waals surface area (Å²) < 4.78 is 5.40. The summed E-state index contributed by atoms with van der Waals surface area (Å²) in [6.07, 6.45) is 0.0553. The van der Waals surface area contributed by atoms with Crippen molar-refractivity contribution in [1.29, 1.82) is 0 Å². The van der Waals surface area contributed by atoms with Crippen molar-refractivity contribution < 1.29 is 14.3 Å². The van der Waals surface area contributed by atoms with Gasteiger partial charge in [0.1, 0.15) is 0 Å². The summed E-state index contributed by atoms with van der Waals surface area (Å²) in [4.78, 5) is 25.1. The number of nitrogens with two attached hydrogens (primary N) is 1. The summed E-state index contributed by atoms with van der Waals surface area (Å²) in [5.74, 6) is -0.613. The summed E-state index contributed by atoms with van der Waals surface area (Å²) in [7, 11) is 0. The number of morpholine rings is 1. The fourth-order valence-corrected chi connectivity index (χ4v) is 2.37. The van der Waals surface area contributed by atoms with Crippen LogP contribution < -0.4 is 11.1 Å². The SMILES string of the molecule is C[C@H]1CN(C(=O)CNc2ccc(Cl)c(C(N)=O)c2)CCO1. The van der Waals surface area contributed by atoms with Crippen LogP contribution >= 0.6 is 11.6 Å². The molecule has 0 aliphatic carbocycles. The fourth-order valence-electron chi connectivity index (χ4n) is 2.16. The van der Waals surface area contributed by atoms with E-state index in [1.807, 2.05) is 6.92 Å². The van der Waals surface area contributed by atoms with Gasteiger partial charge in [-0.25, -0.2) is 0 Å². The predicted octanol–water partition coefficient (Wildman–Crippen LogP) is 1.10. The number of nitrogens with one attached hydrogen (secondary N) is 1. The minimum absolute atomic E-state index is 0.0132. The van der Waals surface area contributed by atoms with Crippen LogP contribution in [0.4, 0.5) is 5.69 Å². The second kappa shape index (κ2) is 6.78. The molecule has 1 atom stereocenters. The highest BCUT2D eigenvalue weighted by Crippen LogP contribution is 2.20. The van der Waals surface area contributed by atoms with Crippen molar-refractivity contribution in [3.63, 3.8) is 0 Å². The molecular weight excluding hydrogens is 294 g/mol. The van der Waals surface area contributed by atoms with E-state index in [-0.39, 0.29) is 24.1 Å². The maximum absolute atomic E-state index is 12.1. The zero-order chi connectivity index (χ0) is 15.4. The highest BCUT2D eigenvalue weighted by Gasteiger charge is 2.21. The average Bonchev–Trinajstić information content (AvgIpc) is 2.45. The maximum Gasteiger partial charge on any atom is 0.250 e. The van der Waals surface area contributed by atoms with E-state index in [1.54, 1.807) is 23.1 Å². The Hall–Kier alpha value is -1.79. The maximum atomic E-state index is 12.1. The number of amides is 2. The summed E-state index contributed by atoms with van der Waals surface area (Å²) in [5.41, 5.74) is 6.09. The summed E-state index contributed by atoms with van der Waals surface area (Å²) >= 11 is 5.87. The van der Waals surface area contributed by atoms with Crippen LogP contribution in [-0.2, 0) is 9.53 Å². The lowest BCUT2D eigenvalue weighted by atomic mass is 10.2. The summed E-state index contributed by atoms with van der Waals surface area (Å²) in [5, 5.41) is 3.27. The molecular formula is C14H18ClN3O3. The first-order chi connectivity index (χ1) is 9.97. The topological polar surface area (TPSA) is 84.7 Å². The second-order valence-corrected chi connectivity index (χ2v) is 5.34. The molecule has 1 fully saturated rings. The third-order valence-electron chi connectivity index (χ3n) is 3.27. The number of primary amides is 1. The Morgan fingerprint density at radius 1 is 1.52 bits per heavy atom. The molecule has 3 N–H and O–H groups in total. The van der Waals surface area contributed by atoms with Crippen molar-refractivity contribution in [2.24, 2.45) is 5.73 Å². The Bertz CT molecular complexity index is 550. The molecule has 0 unspecified atom stereocenters. The molecule has 1 aromatic rings. The molecule has 1 heterocycles. The molecule has 21 heavy (non-hydrogen) atoms. The van der Waals surface area contributed by atoms with Crippen molar-refractivity contribution in [2.75, 3.05) is 31.6 Å². The number of benzene rings is 1. The average molecular weight is 312 g/mol. The number of ether oxygens (including phenoxy) is 1. The van der Waals surface area contributed by atoms with Crippen LogP contribution in [0.5, 0.6) is 0 Å². The summed E-state index contributed by atoms with van der Waals surface area (Å²) in [6, 6.07) is 4.81. The van der Waals surface area contributed by atoms with Crippen LogP contribution in [0.25, 0.3) is 0 Å². The molecule has 0 bridgehead atoms. The van der Waals surface area contributed by atoms with Crippen molar-refractivity contribution in [3.8, 4) is 0 Å². The molecule has 7 heteroatoms. The third kappa shape index (κ3) is 4.09. The van der Waals surface area contributed by atoms with Gasteiger partial charge in [0.15, 0.2) is 0 Å². The van der Waals surface area contributed by atoms with E-state index in [9.17, 15) is 9.59 Å². The van der Waals surface area contributed by atoms with E-state index in [1.165, 1.54) is 0 Å². The van der Waals surface area contributed by atoms with E-state index < -0.39 is 5.91 Å². The smallest absolute Gasteiger partial charge is 0.250 e. The van der Waals surface area contributed by atoms with E-state index in [2.05, 4.69) is 5.32 Å². The first-order valence-corrected chi connectivity index (χ1v) is 7.08. The molecule has 6 nitrogen and oxygen atoms in total. The molecule has 1 saturated heterocycles. The predicted molar refractivity (Wildman–Crippen MR) is 80.5 cm³/mol. The lowest BCUT2D eigenvalue weighted by molar-refractivity contribution is -0.136. The van der Waals surface area contributed by atoms with Gasteiger partial charge < -0.3 is 20.7 Å². The van der Waals surface area contributed by atoms with E-state index in [4.69, 9.17) is 22.1 Å². The molecule has 0 radical (unpaired) electrons. The van der Waals surface area contributed by atoms with Crippen molar-refractivity contribution >= 4 is 29.1 Å². The van der Waals surface area contributed by atoms with E-state index >= 15 is 0 Å². The number of carbonyl (C=O) groups excluding carboxylic acids is 2. The van der Waals surface area contributed by atoms with Crippen LogP contribution in [0.15, 0.2) is 18.2 Å². The monoisotopic (exact) mass is 311 g/mol. The first kappa shape index (κ1) is 15.6. The Morgan fingerprint density at radius 3 is 2.95 bits per heavy atom. The molecule has 0 aromatic heterocycles. The van der Waals surface area contributed by atoms with Gasteiger partial charge in [0, 0.05) is 18.8 Å². The zero-order valence-electron chi connectivity index (χ0n) is 11.8. The van der Waals surface area contributed by atoms with Crippen LogP contribution in [0.3, 0.4) is 0 Å². The van der Waals surface area contributed by atoms with Gasteiger partial charge in [-0.1, -0.05) is 11.6 Å². The third-order valence-corrected chi connectivity index (χ3v) is 3.60. The van der Waals surface area contributed by atoms with Gasteiger partial charge in [0.2, 0.25) is 11.8 Å². The van der Waals surface area contributed by atoms with Gasteiger partial charge >= 0.3 is 0 Å². The zero-order valence-corrected chi connectivity index (χ0v) is 12.5. The standard InChI is InChI=1S/C14H18ClN3O3/c1-9-8-18(4-5-21-9)13(19)7-17-10-2-3-12(15)11(6-10)14(16)20/h2-3,6,9,17H,4-5,7-8H2,1H3,(H2,16,20)/t9-/m0/s1. The van der Waals surface area contributed by atoms with Gasteiger partial charge in [0.05, 0.1) is 29.8 Å². The van der Waals surface area contributed by atoms with Crippen molar-refractivity contribution in [3.05, 3.63) is 28.8 Å². The van der Waals surface area contributed by atoms with Gasteiger partial charge in [-0.05, 0) is 25.1 Å². The van der Waals surface area contributed by atoms with Crippen LogP contribution in [-0.4, -0.2) is 49.1 Å². The normalized spacial score (nSPS) is 18.4. The van der Waals surface area contributed by atoms with Crippen LogP contribution in [0.1, 0.15) is 17.3 Å². The number of hydrogen-bond donors (Lipinski definition) is 2. The van der Waals surface area contributed by atoms with E-state index in [0.29, 0.717) is 30.4 Å². The molecule has 2 rings (SSSR count). The number of halogens is 1. The van der Waals surface area contributed by atoms with E-state index in [0.717, 1.165) is 0 Å². The minimum atomic E-state index is -0.600. The van der Waals surface area contributed by atoms with Crippen molar-refractivity contribution in [1.82, 2.24) is 4.90 Å². The Balaban J connectivity index is 1.95. The highest BCUT2D eigenvalue weighted by atomic mass is 35.5. The number of rotatable bonds is 4. The number of hydrogen-bond acceptors (Lipinski definition) is 4. The number of carbonyl (C=O) groups is 2. The van der Waals surface area contributed by atoms with Gasteiger partial charge in [-0.2, -0.15) is 0 Å². The lowest BCUT2D eigenvalue weighted by Crippen LogP contribution is -2.46. The molecule has 1 aromatic carbocycles. The molecule has 0 spiro atoms. The van der Waals surface area contributed by atoms with Crippen LogP contribution in [0.2, 0.25) is 5.02 Å². The summed E-state index contributed by atoms with van der Waals surface area (Å²) in [6.45, 7) is 3.82. The number of anilines is 1. The molecule has 2 amide bonds. The number of nitrogens with zero attached hydrogens (tertiary/aromatic N) is 1. The lowest BCUT2D eigenvalue weighted by Gasteiger charge is -2.31. The largest absolute Gasteiger partial charge is 0.376 e. The highest BCUT2D eigenvalue weighted by molar-refractivity contribution is 6.33. The van der Waals surface area contributed by atoms with Crippen LogP contribution in [0, 0.1) is 0 Å². The minimum Gasteiger partial charge on any atom is -0.376 e. The van der Waals surface area contributed by atoms with Gasteiger partial charge in [-0.15, -0.1) is 0 Å². The first-order valence-electron chi connectivity index (χ1n) is 6.70. The quantitative estimate of drug-likeness (QED) is 0.872. The van der Waals surface area contributed by atoms with Gasteiger partial charge in [-0.3, -0.25) is 9.59 Å². The van der Waals surface area contributed by atoms with Crippen molar-refractivity contribution in [2.45, 2.75) is 13.0 Å². The molecule has 0 saturated carbocycles. The molecule has 1 aliphatic heterocycles. The molecule has 114 valence electrons. The second-order valence-electron chi connectivity index (χ2n) is 4.93. The fraction of sp³-hybridized carbons (Fsp3) is 0.429. The molecule has 1 aliphatic rings.